The summed E-state index contributed by atoms with van der Waals surface area (Å²) in [6.07, 6.45) is 2.93. The lowest BCUT2D eigenvalue weighted by molar-refractivity contribution is 0.0303. The normalized spacial score (nSPS) is 19.8. The van der Waals surface area contributed by atoms with Crippen LogP contribution in [0.1, 0.15) is 33.2 Å². The standard InChI is InChI=1S/C20H22N2O5/c1-14-12-27-18-3-2-15(19(23)21-5-8-25-9-6-21)10-17(18)11-22(14)20(24)16-4-7-26-13-16/h2-4,7,10,13-14H,5-6,8-9,11-12H2,1H3/t14-/m0/s1. The van der Waals surface area contributed by atoms with E-state index < -0.39 is 0 Å². The van der Waals surface area contributed by atoms with E-state index >= 15 is 0 Å². The number of hydrogen-bond acceptors (Lipinski definition) is 5. The highest BCUT2D eigenvalue weighted by molar-refractivity contribution is 5.95. The van der Waals surface area contributed by atoms with Gasteiger partial charge in [0, 0.05) is 24.2 Å². The molecule has 1 fully saturated rings. The van der Waals surface area contributed by atoms with Gasteiger partial charge in [-0.2, -0.15) is 0 Å². The average Bonchev–Trinajstić information content (AvgIpc) is 3.19. The van der Waals surface area contributed by atoms with Crippen LogP contribution in [-0.4, -0.2) is 60.6 Å². The van der Waals surface area contributed by atoms with E-state index in [4.69, 9.17) is 13.9 Å². The Hall–Kier alpha value is -2.80. The van der Waals surface area contributed by atoms with E-state index in [9.17, 15) is 9.59 Å². The van der Waals surface area contributed by atoms with Gasteiger partial charge < -0.3 is 23.7 Å². The molecule has 2 aliphatic heterocycles. The number of amides is 2. The molecule has 0 aliphatic carbocycles. The highest BCUT2D eigenvalue weighted by Gasteiger charge is 2.28. The molecule has 0 N–H and O–H groups in total. The van der Waals surface area contributed by atoms with Gasteiger partial charge in [-0.15, -0.1) is 0 Å². The number of benzene rings is 1. The molecule has 2 aromatic rings. The van der Waals surface area contributed by atoms with Crippen LogP contribution in [0.25, 0.3) is 0 Å². The summed E-state index contributed by atoms with van der Waals surface area (Å²) in [5.74, 6) is 0.576. The molecule has 1 saturated heterocycles. The third-order valence-corrected chi connectivity index (χ3v) is 4.99. The Morgan fingerprint density at radius 1 is 1.07 bits per heavy atom. The highest BCUT2D eigenvalue weighted by atomic mass is 16.5. The Kier molecular flexibility index (Phi) is 4.85. The second-order valence-electron chi connectivity index (χ2n) is 6.83. The number of carbonyl (C=O) groups is 2. The molecule has 4 rings (SSSR count). The molecule has 0 bridgehead atoms. The van der Waals surface area contributed by atoms with Crippen molar-refractivity contribution in [3.63, 3.8) is 0 Å². The van der Waals surface area contributed by atoms with Crippen molar-refractivity contribution in [3.05, 3.63) is 53.5 Å². The predicted molar refractivity (Wildman–Crippen MR) is 96.7 cm³/mol. The van der Waals surface area contributed by atoms with Gasteiger partial charge >= 0.3 is 0 Å². The number of fused-ring (bicyclic) bond motifs is 1. The summed E-state index contributed by atoms with van der Waals surface area (Å²) >= 11 is 0. The topological polar surface area (TPSA) is 72.2 Å². The van der Waals surface area contributed by atoms with E-state index in [1.54, 1.807) is 21.9 Å². The first-order valence-electron chi connectivity index (χ1n) is 9.09. The molecule has 7 nitrogen and oxygen atoms in total. The van der Waals surface area contributed by atoms with Crippen molar-refractivity contribution in [1.82, 2.24) is 9.80 Å². The minimum absolute atomic E-state index is 0.0221. The summed E-state index contributed by atoms with van der Waals surface area (Å²) in [6, 6.07) is 7.00. The average molecular weight is 370 g/mol. The second kappa shape index (κ2) is 7.44. The smallest absolute Gasteiger partial charge is 0.257 e. The summed E-state index contributed by atoms with van der Waals surface area (Å²) in [5.41, 5.74) is 1.94. The maximum absolute atomic E-state index is 12.8. The van der Waals surface area contributed by atoms with Crippen LogP contribution >= 0.6 is 0 Å². The Labute approximate surface area is 157 Å². The predicted octanol–water partition coefficient (Wildman–Crippen LogP) is 2.18. The fourth-order valence-electron chi connectivity index (χ4n) is 3.39. The minimum atomic E-state index is -0.113. The zero-order valence-electron chi connectivity index (χ0n) is 15.2. The Balaban J connectivity index is 1.59. The van der Waals surface area contributed by atoms with Crippen LogP contribution in [0, 0.1) is 0 Å². The van der Waals surface area contributed by atoms with Gasteiger partial charge in [0.05, 0.1) is 37.6 Å². The monoisotopic (exact) mass is 370 g/mol. The van der Waals surface area contributed by atoms with E-state index in [1.165, 1.54) is 12.5 Å². The lowest BCUT2D eigenvalue weighted by Crippen LogP contribution is -2.40. The van der Waals surface area contributed by atoms with Gasteiger partial charge in [0.1, 0.15) is 18.6 Å². The van der Waals surface area contributed by atoms with Crippen molar-refractivity contribution in [1.29, 1.82) is 0 Å². The summed E-state index contributed by atoms with van der Waals surface area (Å²) < 4.78 is 16.2. The van der Waals surface area contributed by atoms with Crippen LogP contribution in [0.15, 0.2) is 41.2 Å². The molecule has 0 spiro atoms. The summed E-state index contributed by atoms with van der Waals surface area (Å²) in [6.45, 7) is 5.03. The maximum atomic E-state index is 12.8. The molecular weight excluding hydrogens is 348 g/mol. The first-order chi connectivity index (χ1) is 13.1. The number of furan rings is 1. The lowest BCUT2D eigenvalue weighted by Gasteiger charge is -2.27. The third-order valence-electron chi connectivity index (χ3n) is 4.99. The minimum Gasteiger partial charge on any atom is -0.491 e. The third kappa shape index (κ3) is 3.55. The van der Waals surface area contributed by atoms with Gasteiger partial charge in [-0.05, 0) is 31.2 Å². The van der Waals surface area contributed by atoms with Crippen molar-refractivity contribution in [2.75, 3.05) is 32.9 Å². The Morgan fingerprint density at radius 2 is 1.89 bits per heavy atom. The van der Waals surface area contributed by atoms with Gasteiger partial charge in [-0.25, -0.2) is 0 Å². The second-order valence-corrected chi connectivity index (χ2v) is 6.83. The van der Waals surface area contributed by atoms with Crippen LogP contribution in [0.5, 0.6) is 5.75 Å². The van der Waals surface area contributed by atoms with Gasteiger partial charge in [-0.3, -0.25) is 9.59 Å². The van der Waals surface area contributed by atoms with E-state index in [-0.39, 0.29) is 17.9 Å². The van der Waals surface area contributed by atoms with Gasteiger partial charge in [0.25, 0.3) is 11.8 Å². The summed E-state index contributed by atoms with van der Waals surface area (Å²) in [4.78, 5) is 29.1. The van der Waals surface area contributed by atoms with E-state index in [0.717, 1.165) is 5.56 Å². The molecular formula is C20H22N2O5. The quantitative estimate of drug-likeness (QED) is 0.810. The summed E-state index contributed by atoms with van der Waals surface area (Å²) in [5, 5.41) is 0. The van der Waals surface area contributed by atoms with Crippen molar-refractivity contribution in [2.24, 2.45) is 0 Å². The number of hydrogen-bond donors (Lipinski definition) is 0. The number of ether oxygens (including phenoxy) is 2. The van der Waals surface area contributed by atoms with Gasteiger partial charge in [0.15, 0.2) is 0 Å². The van der Waals surface area contributed by atoms with Crippen LogP contribution in [0.3, 0.4) is 0 Å². The number of morpholine rings is 1. The zero-order chi connectivity index (χ0) is 18.8. The van der Waals surface area contributed by atoms with Crippen LogP contribution < -0.4 is 4.74 Å². The molecule has 142 valence electrons. The van der Waals surface area contributed by atoms with Crippen LogP contribution in [0.2, 0.25) is 0 Å². The van der Waals surface area contributed by atoms with E-state index in [0.29, 0.717) is 56.3 Å². The number of rotatable bonds is 2. The highest BCUT2D eigenvalue weighted by Crippen LogP contribution is 2.28. The molecule has 7 heteroatoms. The molecule has 0 saturated carbocycles. The number of nitrogens with zero attached hydrogens (tertiary/aromatic N) is 2. The van der Waals surface area contributed by atoms with E-state index in [2.05, 4.69) is 0 Å². The molecule has 2 amide bonds. The van der Waals surface area contributed by atoms with Gasteiger partial charge in [0.2, 0.25) is 0 Å². The maximum Gasteiger partial charge on any atom is 0.257 e. The van der Waals surface area contributed by atoms with Crippen molar-refractivity contribution >= 4 is 11.8 Å². The zero-order valence-corrected chi connectivity index (χ0v) is 15.2. The largest absolute Gasteiger partial charge is 0.491 e. The van der Waals surface area contributed by atoms with Crippen LogP contribution in [0.4, 0.5) is 0 Å². The number of carbonyl (C=O) groups excluding carboxylic acids is 2. The Morgan fingerprint density at radius 3 is 2.63 bits per heavy atom. The van der Waals surface area contributed by atoms with Gasteiger partial charge in [-0.1, -0.05) is 0 Å². The fourth-order valence-corrected chi connectivity index (χ4v) is 3.39. The Bertz CT molecular complexity index is 827. The molecule has 3 heterocycles. The fraction of sp³-hybridized carbons (Fsp3) is 0.400. The molecule has 1 atom stereocenters. The molecule has 2 aliphatic rings. The molecule has 1 aromatic heterocycles. The SMILES string of the molecule is C[C@H]1COc2ccc(C(=O)N3CCOCC3)cc2CN1C(=O)c1ccoc1. The van der Waals surface area contributed by atoms with Crippen molar-refractivity contribution < 1.29 is 23.5 Å². The van der Waals surface area contributed by atoms with Crippen LogP contribution in [-0.2, 0) is 11.3 Å². The summed E-state index contributed by atoms with van der Waals surface area (Å²) in [7, 11) is 0. The van der Waals surface area contributed by atoms with Crippen molar-refractivity contribution in [3.8, 4) is 5.75 Å². The molecule has 27 heavy (non-hydrogen) atoms. The lowest BCUT2D eigenvalue weighted by atomic mass is 10.1. The molecule has 1 aromatic carbocycles. The van der Waals surface area contributed by atoms with E-state index in [1.807, 2.05) is 19.1 Å². The first-order valence-corrected chi connectivity index (χ1v) is 9.09. The first kappa shape index (κ1) is 17.6. The molecule has 0 radical (unpaired) electrons. The molecule has 0 unspecified atom stereocenters. The van der Waals surface area contributed by atoms with Crippen molar-refractivity contribution in [2.45, 2.75) is 19.5 Å².